The van der Waals surface area contributed by atoms with Gasteiger partial charge in [-0.3, -0.25) is 9.78 Å². The van der Waals surface area contributed by atoms with Gasteiger partial charge in [0, 0.05) is 21.7 Å². The Morgan fingerprint density at radius 2 is 1.95 bits per heavy atom. The van der Waals surface area contributed by atoms with Crippen molar-refractivity contribution in [1.82, 2.24) is 4.98 Å². The van der Waals surface area contributed by atoms with E-state index >= 15 is 0 Å². The molecule has 0 radical (unpaired) electrons. The van der Waals surface area contributed by atoms with Gasteiger partial charge in [0.05, 0.1) is 5.52 Å². The number of aromatic nitrogens is 1. The van der Waals surface area contributed by atoms with E-state index in [-0.39, 0.29) is 12.5 Å². The fourth-order valence-corrected chi connectivity index (χ4v) is 2.29. The predicted molar refractivity (Wildman–Crippen MR) is 90.0 cm³/mol. The molecule has 0 atom stereocenters. The summed E-state index contributed by atoms with van der Waals surface area (Å²) < 4.78 is 6.40. The maximum absolute atomic E-state index is 11.9. The second-order valence-electron chi connectivity index (χ2n) is 4.70. The number of halogens is 1. The predicted octanol–water partition coefficient (Wildman–Crippen LogP) is 4.01. The summed E-state index contributed by atoms with van der Waals surface area (Å²) in [5.41, 5.74) is 1.55. The lowest BCUT2D eigenvalue weighted by atomic mass is 10.2. The van der Waals surface area contributed by atoms with Crippen molar-refractivity contribution in [1.29, 1.82) is 0 Å². The third-order valence-electron chi connectivity index (χ3n) is 3.07. The zero-order chi connectivity index (χ0) is 15.4. The summed E-state index contributed by atoms with van der Waals surface area (Å²) in [6, 6.07) is 16.8. The number of carbonyl (C=O) groups is 1. The smallest absolute Gasteiger partial charge is 0.262 e. The molecule has 3 aromatic rings. The average Bonchev–Trinajstić information content (AvgIpc) is 2.54. The molecule has 0 aliphatic carbocycles. The van der Waals surface area contributed by atoms with Crippen LogP contribution < -0.4 is 10.1 Å². The lowest BCUT2D eigenvalue weighted by Gasteiger charge is -2.08. The van der Waals surface area contributed by atoms with Crippen molar-refractivity contribution < 1.29 is 9.53 Å². The molecule has 3 rings (SSSR count). The van der Waals surface area contributed by atoms with E-state index in [4.69, 9.17) is 4.74 Å². The molecule has 4 nitrogen and oxygen atoms in total. The Morgan fingerprint density at radius 1 is 1.14 bits per heavy atom. The highest BCUT2D eigenvalue weighted by atomic mass is 79.9. The number of rotatable bonds is 4. The first-order chi connectivity index (χ1) is 10.7. The van der Waals surface area contributed by atoms with Crippen LogP contribution in [0.3, 0.4) is 0 Å². The van der Waals surface area contributed by atoms with Crippen molar-refractivity contribution in [2.75, 3.05) is 11.9 Å². The number of benzene rings is 2. The third kappa shape index (κ3) is 3.62. The number of hydrogen-bond acceptors (Lipinski definition) is 3. The monoisotopic (exact) mass is 356 g/mol. The number of hydrogen-bond donors (Lipinski definition) is 1. The number of fused-ring (bicyclic) bond motifs is 1. The molecular formula is C17H13BrN2O2. The van der Waals surface area contributed by atoms with Crippen molar-refractivity contribution in [3.63, 3.8) is 0 Å². The number of nitrogens with one attached hydrogen (secondary N) is 1. The first kappa shape index (κ1) is 14.5. The number of pyridine rings is 1. The first-order valence-corrected chi connectivity index (χ1v) is 7.53. The molecule has 1 aromatic heterocycles. The topological polar surface area (TPSA) is 51.2 Å². The van der Waals surface area contributed by atoms with Gasteiger partial charge in [0.1, 0.15) is 5.75 Å². The van der Waals surface area contributed by atoms with Gasteiger partial charge in [0.15, 0.2) is 6.61 Å². The Kier molecular flexibility index (Phi) is 4.34. The molecule has 2 aromatic carbocycles. The van der Waals surface area contributed by atoms with Gasteiger partial charge in [-0.15, -0.1) is 0 Å². The van der Waals surface area contributed by atoms with E-state index in [0.29, 0.717) is 11.4 Å². The van der Waals surface area contributed by atoms with E-state index in [1.807, 2.05) is 42.5 Å². The van der Waals surface area contributed by atoms with Gasteiger partial charge in [0.25, 0.3) is 5.91 Å². The minimum atomic E-state index is -0.210. The van der Waals surface area contributed by atoms with Crippen molar-refractivity contribution in [2.45, 2.75) is 0 Å². The lowest BCUT2D eigenvalue weighted by molar-refractivity contribution is -0.118. The van der Waals surface area contributed by atoms with E-state index in [9.17, 15) is 4.79 Å². The van der Waals surface area contributed by atoms with Gasteiger partial charge in [0.2, 0.25) is 0 Å². The molecule has 0 aliphatic rings. The minimum Gasteiger partial charge on any atom is -0.484 e. The standard InChI is InChI=1S/C17H13BrN2O2/c18-13-4-7-15(8-5-13)22-11-17(21)20-14-6-3-12-2-1-9-19-16(12)10-14/h1-10H,11H2,(H,20,21). The van der Waals surface area contributed by atoms with Crippen molar-refractivity contribution >= 4 is 38.4 Å². The summed E-state index contributed by atoms with van der Waals surface area (Å²) in [6.07, 6.45) is 1.73. The average molecular weight is 357 g/mol. The molecule has 0 saturated heterocycles. The SMILES string of the molecule is O=C(COc1ccc(Br)cc1)Nc1ccc2cccnc2c1. The molecule has 0 fully saturated rings. The summed E-state index contributed by atoms with van der Waals surface area (Å²) in [4.78, 5) is 16.2. The summed E-state index contributed by atoms with van der Waals surface area (Å²) in [6.45, 7) is -0.0398. The van der Waals surface area contributed by atoms with Gasteiger partial charge in [-0.05, 0) is 42.5 Å². The van der Waals surface area contributed by atoms with Crippen LogP contribution in [0.15, 0.2) is 65.3 Å². The van der Waals surface area contributed by atoms with Crippen LogP contribution in [-0.4, -0.2) is 17.5 Å². The third-order valence-corrected chi connectivity index (χ3v) is 3.60. The van der Waals surface area contributed by atoms with E-state index in [1.165, 1.54) is 0 Å². The van der Waals surface area contributed by atoms with Crippen LogP contribution in [0.5, 0.6) is 5.75 Å². The van der Waals surface area contributed by atoms with Crippen molar-refractivity contribution in [2.24, 2.45) is 0 Å². The number of amides is 1. The minimum absolute atomic E-state index is 0.0398. The van der Waals surface area contributed by atoms with E-state index in [0.717, 1.165) is 15.4 Å². The number of ether oxygens (including phenoxy) is 1. The van der Waals surface area contributed by atoms with Gasteiger partial charge < -0.3 is 10.1 Å². The van der Waals surface area contributed by atoms with Crippen LogP contribution >= 0.6 is 15.9 Å². The molecule has 110 valence electrons. The Balaban J connectivity index is 1.61. The summed E-state index contributed by atoms with van der Waals surface area (Å²) in [5.74, 6) is 0.441. The highest BCUT2D eigenvalue weighted by Gasteiger charge is 2.05. The van der Waals surface area contributed by atoms with Crippen molar-refractivity contribution in [3.8, 4) is 5.75 Å². The van der Waals surface area contributed by atoms with Gasteiger partial charge in [-0.1, -0.05) is 28.1 Å². The summed E-state index contributed by atoms with van der Waals surface area (Å²) >= 11 is 3.35. The molecule has 0 unspecified atom stereocenters. The van der Waals surface area contributed by atoms with Crippen LogP contribution in [0.25, 0.3) is 10.9 Å². The van der Waals surface area contributed by atoms with E-state index < -0.39 is 0 Å². The highest BCUT2D eigenvalue weighted by molar-refractivity contribution is 9.10. The fraction of sp³-hybridized carbons (Fsp3) is 0.0588. The Morgan fingerprint density at radius 3 is 2.77 bits per heavy atom. The largest absolute Gasteiger partial charge is 0.484 e. The van der Waals surface area contributed by atoms with Crippen LogP contribution in [0.4, 0.5) is 5.69 Å². The van der Waals surface area contributed by atoms with Crippen molar-refractivity contribution in [3.05, 3.63) is 65.3 Å². The Bertz CT molecular complexity index is 803. The second-order valence-corrected chi connectivity index (χ2v) is 5.62. The maximum Gasteiger partial charge on any atom is 0.262 e. The Hall–Kier alpha value is -2.40. The van der Waals surface area contributed by atoms with Crippen LogP contribution in [-0.2, 0) is 4.79 Å². The molecule has 5 heteroatoms. The molecule has 0 saturated carbocycles. The van der Waals surface area contributed by atoms with Gasteiger partial charge in [-0.25, -0.2) is 0 Å². The zero-order valence-electron chi connectivity index (χ0n) is 11.6. The van der Waals surface area contributed by atoms with Crippen LogP contribution in [0.2, 0.25) is 0 Å². The highest BCUT2D eigenvalue weighted by Crippen LogP contribution is 2.18. The Labute approximate surface area is 136 Å². The number of carbonyl (C=O) groups excluding carboxylic acids is 1. The van der Waals surface area contributed by atoms with Crippen LogP contribution in [0.1, 0.15) is 0 Å². The molecule has 1 heterocycles. The molecule has 0 spiro atoms. The van der Waals surface area contributed by atoms with E-state index in [2.05, 4.69) is 26.2 Å². The molecule has 22 heavy (non-hydrogen) atoms. The molecular weight excluding hydrogens is 344 g/mol. The first-order valence-electron chi connectivity index (χ1n) is 6.74. The molecule has 1 N–H and O–H groups in total. The van der Waals surface area contributed by atoms with Crippen LogP contribution in [0, 0.1) is 0 Å². The fourth-order valence-electron chi connectivity index (χ4n) is 2.02. The summed E-state index contributed by atoms with van der Waals surface area (Å²) in [5, 5.41) is 3.84. The second kappa shape index (κ2) is 6.58. The van der Waals surface area contributed by atoms with Gasteiger partial charge in [-0.2, -0.15) is 0 Å². The lowest BCUT2D eigenvalue weighted by Crippen LogP contribution is -2.20. The quantitative estimate of drug-likeness (QED) is 0.768. The molecule has 0 bridgehead atoms. The maximum atomic E-state index is 11.9. The number of nitrogens with zero attached hydrogens (tertiary/aromatic N) is 1. The van der Waals surface area contributed by atoms with Gasteiger partial charge >= 0.3 is 0 Å². The number of anilines is 1. The summed E-state index contributed by atoms with van der Waals surface area (Å²) in [7, 11) is 0. The normalized spacial score (nSPS) is 10.4. The molecule has 1 amide bonds. The van der Waals surface area contributed by atoms with E-state index in [1.54, 1.807) is 18.3 Å². The zero-order valence-corrected chi connectivity index (χ0v) is 13.2. The molecule has 0 aliphatic heterocycles.